The zero-order chi connectivity index (χ0) is 18.5. The number of esters is 1. The topological polar surface area (TPSA) is 81.3 Å². The average molecular weight is 352 g/mol. The molecule has 0 atom stereocenters. The lowest BCUT2D eigenvalue weighted by Gasteiger charge is -2.09. The molecule has 0 aliphatic rings. The van der Waals surface area contributed by atoms with Gasteiger partial charge < -0.3 is 14.5 Å². The van der Waals surface area contributed by atoms with Crippen molar-refractivity contribution in [3.05, 3.63) is 70.3 Å². The maximum atomic E-state index is 12.2. The number of rotatable bonds is 6. The molecule has 0 fully saturated rings. The Morgan fingerprint density at radius 3 is 2.58 bits per heavy atom. The normalized spacial score (nSPS) is 10.9. The second kappa shape index (κ2) is 7.82. The maximum Gasteiger partial charge on any atom is 0.338 e. The van der Waals surface area contributed by atoms with Gasteiger partial charge in [0.2, 0.25) is 0 Å². The third kappa shape index (κ3) is 4.27. The van der Waals surface area contributed by atoms with Gasteiger partial charge in [-0.2, -0.15) is 0 Å². The molecular formula is C20H20N2O4. The number of benzene rings is 2. The third-order valence-corrected chi connectivity index (χ3v) is 3.68. The standard InChI is InChI=1S/C20H20N2O4/c1-13(2)11-25-15-9-7-14(8-10-15)20(24)26-12-18-21-17-6-4-3-5-16(17)19(23)22-18/h3-10,13H,11-12H2,1-2H3,(H,21,22,23). The van der Waals surface area contributed by atoms with Crippen molar-refractivity contribution in [2.75, 3.05) is 6.61 Å². The quantitative estimate of drug-likeness (QED) is 0.688. The Balaban J connectivity index is 1.64. The first-order valence-electron chi connectivity index (χ1n) is 8.41. The van der Waals surface area contributed by atoms with Crippen LogP contribution in [-0.4, -0.2) is 22.5 Å². The Kier molecular flexibility index (Phi) is 5.31. The molecule has 0 saturated heterocycles. The van der Waals surface area contributed by atoms with Gasteiger partial charge in [0, 0.05) is 0 Å². The van der Waals surface area contributed by atoms with Crippen molar-refractivity contribution in [2.45, 2.75) is 20.5 Å². The molecule has 1 aromatic heterocycles. The van der Waals surface area contributed by atoms with Crippen molar-refractivity contribution in [1.82, 2.24) is 9.97 Å². The first kappa shape index (κ1) is 17.7. The van der Waals surface area contributed by atoms with Crippen LogP contribution in [0.15, 0.2) is 53.3 Å². The lowest BCUT2D eigenvalue weighted by molar-refractivity contribution is 0.0462. The Hall–Kier alpha value is -3.15. The van der Waals surface area contributed by atoms with E-state index in [1.54, 1.807) is 48.5 Å². The molecule has 0 aliphatic carbocycles. The fourth-order valence-corrected chi connectivity index (χ4v) is 2.37. The van der Waals surface area contributed by atoms with E-state index in [1.165, 1.54) is 0 Å². The first-order chi connectivity index (χ1) is 12.5. The van der Waals surface area contributed by atoms with Crippen LogP contribution in [0, 0.1) is 5.92 Å². The van der Waals surface area contributed by atoms with Crippen molar-refractivity contribution in [3.8, 4) is 5.75 Å². The number of carbonyl (C=O) groups excluding carboxylic acids is 1. The molecule has 2 aromatic carbocycles. The maximum absolute atomic E-state index is 12.2. The highest BCUT2D eigenvalue weighted by Gasteiger charge is 2.10. The highest BCUT2D eigenvalue weighted by molar-refractivity contribution is 5.89. The number of H-pyrrole nitrogens is 1. The molecule has 26 heavy (non-hydrogen) atoms. The van der Waals surface area contributed by atoms with Crippen LogP contribution in [0.5, 0.6) is 5.75 Å². The van der Waals surface area contributed by atoms with Crippen molar-refractivity contribution in [1.29, 1.82) is 0 Å². The van der Waals surface area contributed by atoms with Gasteiger partial charge in [0.1, 0.15) is 18.2 Å². The highest BCUT2D eigenvalue weighted by Crippen LogP contribution is 2.14. The first-order valence-corrected chi connectivity index (χ1v) is 8.41. The Morgan fingerprint density at radius 2 is 1.85 bits per heavy atom. The number of ether oxygens (including phenoxy) is 2. The lowest BCUT2D eigenvalue weighted by Crippen LogP contribution is -2.14. The Labute approximate surface area is 150 Å². The molecule has 1 heterocycles. The monoisotopic (exact) mass is 352 g/mol. The minimum absolute atomic E-state index is 0.107. The average Bonchev–Trinajstić information content (AvgIpc) is 2.65. The summed E-state index contributed by atoms with van der Waals surface area (Å²) in [5.74, 6) is 0.946. The van der Waals surface area contributed by atoms with E-state index >= 15 is 0 Å². The fourth-order valence-electron chi connectivity index (χ4n) is 2.37. The number of nitrogens with one attached hydrogen (secondary N) is 1. The SMILES string of the molecule is CC(C)COc1ccc(C(=O)OCc2nc3ccccc3c(=O)[nH]2)cc1. The number of aromatic amines is 1. The van der Waals surface area contributed by atoms with Gasteiger partial charge in [-0.05, 0) is 42.3 Å². The molecular weight excluding hydrogens is 332 g/mol. The van der Waals surface area contributed by atoms with E-state index < -0.39 is 5.97 Å². The number of hydrogen-bond acceptors (Lipinski definition) is 5. The summed E-state index contributed by atoms with van der Waals surface area (Å²) in [5.41, 5.74) is 0.715. The van der Waals surface area contributed by atoms with Gasteiger partial charge in [-0.15, -0.1) is 0 Å². The fraction of sp³-hybridized carbons (Fsp3) is 0.250. The molecule has 0 aliphatic heterocycles. The van der Waals surface area contributed by atoms with Gasteiger partial charge in [-0.1, -0.05) is 26.0 Å². The molecule has 134 valence electrons. The van der Waals surface area contributed by atoms with E-state index in [2.05, 4.69) is 23.8 Å². The van der Waals surface area contributed by atoms with Crippen molar-refractivity contribution in [3.63, 3.8) is 0 Å². The van der Waals surface area contributed by atoms with E-state index in [1.807, 2.05) is 0 Å². The molecule has 3 aromatic rings. The smallest absolute Gasteiger partial charge is 0.338 e. The minimum atomic E-state index is -0.490. The molecule has 0 spiro atoms. The summed E-state index contributed by atoms with van der Waals surface area (Å²) in [6.07, 6.45) is 0. The van der Waals surface area contributed by atoms with Crippen LogP contribution < -0.4 is 10.3 Å². The van der Waals surface area contributed by atoms with Crippen LogP contribution in [0.3, 0.4) is 0 Å². The molecule has 6 heteroatoms. The van der Waals surface area contributed by atoms with Gasteiger partial charge in [-0.3, -0.25) is 4.79 Å². The lowest BCUT2D eigenvalue weighted by atomic mass is 10.2. The highest BCUT2D eigenvalue weighted by atomic mass is 16.5. The summed E-state index contributed by atoms with van der Waals surface area (Å²) >= 11 is 0. The molecule has 0 unspecified atom stereocenters. The van der Waals surface area contributed by atoms with E-state index in [0.29, 0.717) is 40.6 Å². The van der Waals surface area contributed by atoms with Gasteiger partial charge >= 0.3 is 5.97 Å². The molecule has 6 nitrogen and oxygen atoms in total. The van der Waals surface area contributed by atoms with Crippen LogP contribution in [-0.2, 0) is 11.3 Å². The van der Waals surface area contributed by atoms with Crippen molar-refractivity contribution in [2.24, 2.45) is 5.92 Å². The predicted octanol–water partition coefficient (Wildman–Crippen LogP) is 3.31. The zero-order valence-corrected chi connectivity index (χ0v) is 14.7. The predicted molar refractivity (Wildman–Crippen MR) is 98.3 cm³/mol. The van der Waals surface area contributed by atoms with Crippen molar-refractivity contribution >= 4 is 16.9 Å². The van der Waals surface area contributed by atoms with Crippen LogP contribution in [0.25, 0.3) is 10.9 Å². The molecule has 0 saturated carbocycles. The van der Waals surface area contributed by atoms with Gasteiger partial charge in [0.25, 0.3) is 5.56 Å². The summed E-state index contributed by atoms with van der Waals surface area (Å²) in [6, 6.07) is 13.8. The number of nitrogens with zero attached hydrogens (tertiary/aromatic N) is 1. The summed E-state index contributed by atoms with van der Waals surface area (Å²) < 4.78 is 10.8. The minimum Gasteiger partial charge on any atom is -0.493 e. The van der Waals surface area contributed by atoms with Crippen LogP contribution in [0.1, 0.15) is 30.0 Å². The Bertz CT molecular complexity index is 961. The second-order valence-electron chi connectivity index (χ2n) is 6.34. The van der Waals surface area contributed by atoms with Crippen molar-refractivity contribution < 1.29 is 14.3 Å². The molecule has 0 bridgehead atoms. The van der Waals surface area contributed by atoms with Crippen LogP contribution >= 0.6 is 0 Å². The van der Waals surface area contributed by atoms with E-state index in [4.69, 9.17) is 9.47 Å². The number of hydrogen-bond donors (Lipinski definition) is 1. The molecule has 0 radical (unpaired) electrons. The second-order valence-corrected chi connectivity index (χ2v) is 6.34. The summed E-state index contributed by atoms with van der Waals surface area (Å²) in [5, 5.41) is 0.500. The summed E-state index contributed by atoms with van der Waals surface area (Å²) in [4.78, 5) is 31.1. The number of para-hydroxylation sites is 1. The van der Waals surface area contributed by atoms with Gasteiger partial charge in [0.05, 0.1) is 23.1 Å². The number of aromatic nitrogens is 2. The van der Waals surface area contributed by atoms with Gasteiger partial charge in [0.15, 0.2) is 0 Å². The Morgan fingerprint density at radius 1 is 1.12 bits per heavy atom. The molecule has 0 amide bonds. The van der Waals surface area contributed by atoms with Crippen LogP contribution in [0.4, 0.5) is 0 Å². The molecule has 1 N–H and O–H groups in total. The van der Waals surface area contributed by atoms with E-state index in [0.717, 1.165) is 0 Å². The van der Waals surface area contributed by atoms with E-state index in [-0.39, 0.29) is 12.2 Å². The number of fused-ring (bicyclic) bond motifs is 1. The zero-order valence-electron chi connectivity index (χ0n) is 14.7. The van der Waals surface area contributed by atoms with E-state index in [9.17, 15) is 9.59 Å². The van der Waals surface area contributed by atoms with Crippen LogP contribution in [0.2, 0.25) is 0 Å². The largest absolute Gasteiger partial charge is 0.493 e. The summed E-state index contributed by atoms with van der Waals surface area (Å²) in [6.45, 7) is 4.64. The summed E-state index contributed by atoms with van der Waals surface area (Å²) in [7, 11) is 0. The number of carbonyl (C=O) groups is 1. The molecule has 3 rings (SSSR count). The van der Waals surface area contributed by atoms with Gasteiger partial charge in [-0.25, -0.2) is 9.78 Å². The third-order valence-electron chi connectivity index (χ3n) is 3.68.